The minimum absolute atomic E-state index is 0.0491. The maximum absolute atomic E-state index is 14.8. The van der Waals surface area contributed by atoms with Crippen molar-refractivity contribution in [3.05, 3.63) is 65.2 Å². The Bertz CT molecular complexity index is 1260. The van der Waals surface area contributed by atoms with E-state index in [9.17, 15) is 15.2 Å². The summed E-state index contributed by atoms with van der Waals surface area (Å²) in [4.78, 5) is 14.8. The minimum Gasteiger partial charge on any atom is -0.508 e. The Kier molecular flexibility index (Phi) is 7.82. The normalized spacial score (nSPS) is 29.8. The summed E-state index contributed by atoms with van der Waals surface area (Å²) >= 11 is 0. The van der Waals surface area contributed by atoms with Crippen LogP contribution in [0.15, 0.2) is 48.5 Å². The lowest BCUT2D eigenvalue weighted by Crippen LogP contribution is -2.60. The summed E-state index contributed by atoms with van der Waals surface area (Å²) in [6.45, 7) is 13.2. The van der Waals surface area contributed by atoms with Gasteiger partial charge in [-0.05, 0) is 135 Å². The van der Waals surface area contributed by atoms with Crippen LogP contribution in [0, 0.1) is 40.4 Å². The zero-order valence-corrected chi connectivity index (χ0v) is 26.0. The summed E-state index contributed by atoms with van der Waals surface area (Å²) in [7, 11) is 0. The highest BCUT2D eigenvalue weighted by molar-refractivity contribution is 5.77. The molecular formula is C37H49NO3. The molecule has 4 aliphatic carbocycles. The maximum Gasteiger partial charge on any atom is 0.312 e. The van der Waals surface area contributed by atoms with E-state index in [2.05, 4.69) is 59.7 Å². The van der Waals surface area contributed by atoms with Crippen LogP contribution < -0.4 is 0 Å². The van der Waals surface area contributed by atoms with Gasteiger partial charge in [0.05, 0.1) is 17.0 Å². The van der Waals surface area contributed by atoms with Gasteiger partial charge in [0.25, 0.3) is 0 Å². The Balaban J connectivity index is 1.51. The average Bonchev–Trinajstić information content (AvgIpc) is 2.94. The van der Waals surface area contributed by atoms with Crippen molar-refractivity contribution in [3.63, 3.8) is 0 Å². The summed E-state index contributed by atoms with van der Waals surface area (Å²) in [6.07, 6.45) is 9.27. The molecule has 2 atom stereocenters. The molecule has 6 rings (SSSR count). The van der Waals surface area contributed by atoms with Crippen molar-refractivity contribution < 1.29 is 14.6 Å². The van der Waals surface area contributed by atoms with Gasteiger partial charge in [0.1, 0.15) is 11.4 Å². The standard InChI is InChI=1S/C37H49NO3/c1-7-35(5,29-11-9-25(22-38)10-12-29)24-36(6,23-34(3,4)28-13-15-32(39)16-14-28)33(40)41-37(8-2)30-18-26-17-27(20-30)21-31(37)19-26/h9-16,26-27,30-31,39H,7-8,17-21,23-24H2,1-6H3. The second-order valence-electron chi connectivity index (χ2n) is 15.0. The quantitative estimate of drug-likeness (QED) is 0.297. The van der Waals surface area contributed by atoms with Gasteiger partial charge < -0.3 is 9.84 Å². The number of nitrogens with zero attached hydrogens (tertiary/aromatic N) is 1. The topological polar surface area (TPSA) is 70.3 Å². The Morgan fingerprint density at radius 3 is 1.90 bits per heavy atom. The molecule has 4 saturated carbocycles. The molecule has 220 valence electrons. The average molecular weight is 556 g/mol. The highest BCUT2D eigenvalue weighted by atomic mass is 16.6. The number of hydrogen-bond acceptors (Lipinski definition) is 4. The lowest BCUT2D eigenvalue weighted by Gasteiger charge is -2.60. The first kappa shape index (κ1) is 29.7. The first-order chi connectivity index (χ1) is 19.4. The van der Waals surface area contributed by atoms with Gasteiger partial charge in [0, 0.05) is 0 Å². The van der Waals surface area contributed by atoms with Crippen molar-refractivity contribution in [2.75, 3.05) is 0 Å². The van der Waals surface area contributed by atoms with Gasteiger partial charge in [-0.3, -0.25) is 4.79 Å². The fourth-order valence-electron chi connectivity index (χ4n) is 9.53. The van der Waals surface area contributed by atoms with Gasteiger partial charge in [0.2, 0.25) is 0 Å². The Morgan fingerprint density at radius 2 is 1.41 bits per heavy atom. The summed E-state index contributed by atoms with van der Waals surface area (Å²) in [5, 5.41) is 19.3. The van der Waals surface area contributed by atoms with Crippen LogP contribution in [-0.2, 0) is 20.4 Å². The third kappa shape index (κ3) is 5.42. The number of phenols is 1. The Labute approximate surface area is 247 Å². The zero-order chi connectivity index (χ0) is 29.6. The molecule has 0 aromatic heterocycles. The van der Waals surface area contributed by atoms with E-state index in [1.807, 2.05) is 24.3 Å². The highest BCUT2D eigenvalue weighted by Gasteiger charge is 2.60. The van der Waals surface area contributed by atoms with E-state index >= 15 is 0 Å². The van der Waals surface area contributed by atoms with Crippen LogP contribution in [0.4, 0.5) is 0 Å². The molecule has 41 heavy (non-hydrogen) atoms. The molecule has 4 aliphatic rings. The number of carbonyl (C=O) groups is 1. The number of hydrogen-bond donors (Lipinski definition) is 1. The summed E-state index contributed by atoms with van der Waals surface area (Å²) < 4.78 is 6.97. The van der Waals surface area contributed by atoms with Gasteiger partial charge >= 0.3 is 5.97 Å². The fourth-order valence-corrected chi connectivity index (χ4v) is 9.53. The predicted octanol–water partition coefficient (Wildman–Crippen LogP) is 8.84. The van der Waals surface area contributed by atoms with Crippen molar-refractivity contribution >= 4 is 5.97 Å². The van der Waals surface area contributed by atoms with Crippen LogP contribution >= 0.6 is 0 Å². The maximum atomic E-state index is 14.8. The third-order valence-electron chi connectivity index (χ3n) is 11.6. The second kappa shape index (κ2) is 10.8. The first-order valence-corrected chi connectivity index (χ1v) is 15.9. The van der Waals surface area contributed by atoms with Crippen molar-refractivity contribution in [1.82, 2.24) is 0 Å². The van der Waals surface area contributed by atoms with E-state index < -0.39 is 5.41 Å². The van der Waals surface area contributed by atoms with Crippen LogP contribution in [0.25, 0.3) is 0 Å². The van der Waals surface area contributed by atoms with Crippen molar-refractivity contribution in [2.45, 2.75) is 116 Å². The number of carbonyl (C=O) groups excluding carboxylic acids is 1. The van der Waals surface area contributed by atoms with E-state index in [0.717, 1.165) is 35.8 Å². The molecular weight excluding hydrogens is 506 g/mol. The second-order valence-corrected chi connectivity index (χ2v) is 15.0. The third-order valence-corrected chi connectivity index (χ3v) is 11.6. The summed E-state index contributed by atoms with van der Waals surface area (Å²) in [5.41, 5.74) is 1.24. The fraction of sp³-hybridized carbons (Fsp3) is 0.622. The molecule has 0 heterocycles. The molecule has 0 aliphatic heterocycles. The number of phenolic OH excluding ortho intramolecular Hbond substituents is 1. The van der Waals surface area contributed by atoms with Gasteiger partial charge in [-0.25, -0.2) is 0 Å². The van der Waals surface area contributed by atoms with Crippen LogP contribution in [0.1, 0.15) is 116 Å². The molecule has 4 bridgehead atoms. The van der Waals surface area contributed by atoms with E-state index in [4.69, 9.17) is 4.74 Å². The number of esters is 1. The molecule has 2 aromatic carbocycles. The molecule has 0 amide bonds. The molecule has 4 heteroatoms. The smallest absolute Gasteiger partial charge is 0.312 e. The molecule has 0 radical (unpaired) electrons. The lowest BCUT2D eigenvalue weighted by molar-refractivity contribution is -0.220. The van der Waals surface area contributed by atoms with Gasteiger partial charge in [-0.1, -0.05) is 58.9 Å². The van der Waals surface area contributed by atoms with Gasteiger partial charge in [-0.2, -0.15) is 5.26 Å². The van der Waals surface area contributed by atoms with Crippen molar-refractivity contribution in [3.8, 4) is 11.8 Å². The van der Waals surface area contributed by atoms with Crippen LogP contribution in [0.5, 0.6) is 5.75 Å². The molecule has 4 nitrogen and oxygen atoms in total. The number of rotatable bonds is 10. The largest absolute Gasteiger partial charge is 0.508 e. The Morgan fingerprint density at radius 1 is 0.878 bits per heavy atom. The van der Waals surface area contributed by atoms with E-state index in [1.165, 1.54) is 32.1 Å². The molecule has 1 N–H and O–H groups in total. The molecule has 0 spiro atoms. The van der Waals surface area contributed by atoms with E-state index in [1.54, 1.807) is 12.1 Å². The zero-order valence-electron chi connectivity index (χ0n) is 26.0. The molecule has 0 saturated heterocycles. The minimum atomic E-state index is -0.739. The van der Waals surface area contributed by atoms with Crippen molar-refractivity contribution in [1.29, 1.82) is 5.26 Å². The SMILES string of the molecule is CCC(C)(CC(C)(CC(C)(C)c1ccc(O)cc1)C(=O)OC1(CC)C2CC3CC(C2)CC1C3)c1ccc(C#N)cc1. The number of aromatic hydroxyl groups is 1. The summed E-state index contributed by atoms with van der Waals surface area (Å²) in [5.74, 6) is 2.80. The van der Waals surface area contributed by atoms with Crippen molar-refractivity contribution in [2.24, 2.45) is 29.1 Å². The van der Waals surface area contributed by atoms with Crippen LogP contribution in [0.2, 0.25) is 0 Å². The van der Waals surface area contributed by atoms with Crippen LogP contribution in [0.3, 0.4) is 0 Å². The molecule has 4 fully saturated rings. The van der Waals surface area contributed by atoms with E-state index in [-0.39, 0.29) is 28.1 Å². The monoisotopic (exact) mass is 555 g/mol. The highest BCUT2D eigenvalue weighted by Crippen LogP contribution is 2.61. The van der Waals surface area contributed by atoms with Crippen LogP contribution in [-0.4, -0.2) is 16.7 Å². The predicted molar refractivity (Wildman–Crippen MR) is 163 cm³/mol. The Hall–Kier alpha value is -2.80. The number of benzene rings is 2. The molecule has 2 unspecified atom stereocenters. The van der Waals surface area contributed by atoms with Gasteiger partial charge in [-0.15, -0.1) is 0 Å². The summed E-state index contributed by atoms with van der Waals surface area (Å²) in [6, 6.07) is 17.6. The van der Waals surface area contributed by atoms with Gasteiger partial charge in [0.15, 0.2) is 0 Å². The lowest BCUT2D eigenvalue weighted by atomic mass is 9.49. The number of ether oxygens (including phenoxy) is 1. The van der Waals surface area contributed by atoms with E-state index in [0.29, 0.717) is 30.2 Å². The number of nitriles is 1. The first-order valence-electron chi connectivity index (χ1n) is 15.9. The molecule has 2 aromatic rings.